The van der Waals surface area contributed by atoms with Crippen LogP contribution in [-0.4, -0.2) is 7.05 Å². The fraction of sp³-hybridized carbons (Fsp3) is 0.455. The Bertz CT molecular complexity index is 334. The number of benzene rings is 1. The minimum absolute atomic E-state index is 0.435. The second-order valence-electron chi connectivity index (χ2n) is 3.78. The van der Waals surface area contributed by atoms with Crippen LogP contribution in [0.1, 0.15) is 24.4 Å². The van der Waals surface area contributed by atoms with Crippen LogP contribution in [0.25, 0.3) is 0 Å². The highest BCUT2D eigenvalue weighted by atomic mass is 35.5. The van der Waals surface area contributed by atoms with Gasteiger partial charge >= 0.3 is 0 Å². The lowest BCUT2D eigenvalue weighted by Crippen LogP contribution is -2.18. The van der Waals surface area contributed by atoms with E-state index in [1.807, 2.05) is 25.2 Å². The van der Waals surface area contributed by atoms with E-state index in [4.69, 9.17) is 23.2 Å². The minimum Gasteiger partial charge on any atom is -0.313 e. The Morgan fingerprint density at radius 2 is 2.00 bits per heavy atom. The minimum atomic E-state index is 0.435. The molecule has 1 nitrogen and oxygen atoms in total. The molecule has 1 atom stereocenters. The Morgan fingerprint density at radius 1 is 1.29 bits per heavy atom. The second kappa shape index (κ2) is 4.09. The molecule has 0 radical (unpaired) electrons. The van der Waals surface area contributed by atoms with Gasteiger partial charge in [0.2, 0.25) is 0 Å². The smallest absolute Gasteiger partial charge is 0.0595 e. The molecule has 0 amide bonds. The van der Waals surface area contributed by atoms with E-state index in [1.165, 1.54) is 18.4 Å². The van der Waals surface area contributed by atoms with Crippen molar-refractivity contribution < 1.29 is 0 Å². The molecule has 0 bridgehead atoms. The molecule has 3 heteroatoms. The highest BCUT2D eigenvalue weighted by molar-refractivity contribution is 6.42. The second-order valence-corrected chi connectivity index (χ2v) is 4.59. The van der Waals surface area contributed by atoms with Crippen molar-refractivity contribution >= 4 is 23.2 Å². The Balaban J connectivity index is 2.25. The predicted octanol–water partition coefficient (Wildman–Crippen LogP) is 3.66. The van der Waals surface area contributed by atoms with Crippen LogP contribution in [-0.2, 0) is 0 Å². The van der Waals surface area contributed by atoms with Crippen molar-refractivity contribution in [3.05, 3.63) is 33.8 Å². The van der Waals surface area contributed by atoms with Gasteiger partial charge in [-0.1, -0.05) is 29.3 Å². The summed E-state index contributed by atoms with van der Waals surface area (Å²) in [6.07, 6.45) is 2.62. The fourth-order valence-electron chi connectivity index (χ4n) is 1.81. The van der Waals surface area contributed by atoms with E-state index in [0.717, 1.165) is 5.92 Å². The molecule has 1 unspecified atom stereocenters. The highest BCUT2D eigenvalue weighted by Gasteiger charge is 2.31. The fourth-order valence-corrected chi connectivity index (χ4v) is 2.12. The van der Waals surface area contributed by atoms with Gasteiger partial charge in [0, 0.05) is 6.04 Å². The van der Waals surface area contributed by atoms with E-state index >= 15 is 0 Å². The first-order valence-electron chi connectivity index (χ1n) is 4.84. The van der Waals surface area contributed by atoms with Gasteiger partial charge in [-0.3, -0.25) is 0 Å². The van der Waals surface area contributed by atoms with Crippen molar-refractivity contribution in [2.45, 2.75) is 18.9 Å². The summed E-state index contributed by atoms with van der Waals surface area (Å²) in [6.45, 7) is 0. The first-order chi connectivity index (χ1) is 6.72. The summed E-state index contributed by atoms with van der Waals surface area (Å²) in [5.74, 6) is 0.775. The Labute approximate surface area is 94.4 Å². The molecular formula is C11H13Cl2N. The van der Waals surface area contributed by atoms with Gasteiger partial charge in [-0.05, 0) is 43.5 Å². The zero-order chi connectivity index (χ0) is 10.1. The van der Waals surface area contributed by atoms with Gasteiger partial charge in [-0.25, -0.2) is 0 Å². The topological polar surface area (TPSA) is 12.0 Å². The third-order valence-electron chi connectivity index (χ3n) is 2.71. The predicted molar refractivity (Wildman–Crippen MR) is 61.0 cm³/mol. The number of nitrogens with one attached hydrogen (secondary N) is 1. The third kappa shape index (κ3) is 2.05. The molecule has 1 aromatic carbocycles. The number of hydrogen-bond acceptors (Lipinski definition) is 1. The summed E-state index contributed by atoms with van der Waals surface area (Å²) < 4.78 is 0. The van der Waals surface area contributed by atoms with Crippen molar-refractivity contribution in [1.82, 2.24) is 5.32 Å². The molecule has 1 fully saturated rings. The Hall–Kier alpha value is -0.240. The van der Waals surface area contributed by atoms with Gasteiger partial charge in [0.25, 0.3) is 0 Å². The zero-order valence-corrected chi connectivity index (χ0v) is 9.57. The van der Waals surface area contributed by atoms with Crippen molar-refractivity contribution in [2.24, 2.45) is 5.92 Å². The number of rotatable bonds is 3. The first-order valence-corrected chi connectivity index (χ1v) is 5.60. The van der Waals surface area contributed by atoms with Crippen LogP contribution >= 0.6 is 23.2 Å². The lowest BCUT2D eigenvalue weighted by Gasteiger charge is -2.16. The number of halogens is 2. The average Bonchev–Trinajstić information content (AvgIpc) is 2.96. The molecule has 0 spiro atoms. The molecule has 2 rings (SSSR count). The maximum Gasteiger partial charge on any atom is 0.0595 e. The van der Waals surface area contributed by atoms with Gasteiger partial charge in [-0.15, -0.1) is 0 Å². The van der Waals surface area contributed by atoms with Gasteiger partial charge < -0.3 is 5.32 Å². The molecule has 1 aromatic rings. The molecule has 0 aromatic heterocycles. The SMILES string of the molecule is CNC(c1ccc(Cl)c(Cl)c1)C1CC1. The van der Waals surface area contributed by atoms with Gasteiger partial charge in [0.1, 0.15) is 0 Å². The molecule has 14 heavy (non-hydrogen) atoms. The molecule has 1 N–H and O–H groups in total. The molecule has 1 saturated carbocycles. The van der Waals surface area contributed by atoms with Crippen LogP contribution in [0.2, 0.25) is 10.0 Å². The van der Waals surface area contributed by atoms with E-state index in [1.54, 1.807) is 0 Å². The monoisotopic (exact) mass is 229 g/mol. The molecule has 0 saturated heterocycles. The van der Waals surface area contributed by atoms with Crippen molar-refractivity contribution in [2.75, 3.05) is 7.05 Å². The molecule has 1 aliphatic rings. The quantitative estimate of drug-likeness (QED) is 0.835. The number of hydrogen-bond donors (Lipinski definition) is 1. The lowest BCUT2D eigenvalue weighted by atomic mass is 10.0. The van der Waals surface area contributed by atoms with Gasteiger partial charge in [-0.2, -0.15) is 0 Å². The van der Waals surface area contributed by atoms with Crippen LogP contribution in [0.3, 0.4) is 0 Å². The third-order valence-corrected chi connectivity index (χ3v) is 3.45. The summed E-state index contributed by atoms with van der Waals surface area (Å²) in [6, 6.07) is 6.31. The Kier molecular flexibility index (Phi) is 3.01. The van der Waals surface area contributed by atoms with Crippen molar-refractivity contribution in [3.8, 4) is 0 Å². The highest BCUT2D eigenvalue weighted by Crippen LogP contribution is 2.41. The van der Waals surface area contributed by atoms with Crippen LogP contribution in [0.4, 0.5) is 0 Å². The maximum atomic E-state index is 5.98. The van der Waals surface area contributed by atoms with Gasteiger partial charge in [0.15, 0.2) is 0 Å². The molecule has 76 valence electrons. The zero-order valence-electron chi connectivity index (χ0n) is 8.06. The van der Waals surface area contributed by atoms with Crippen LogP contribution < -0.4 is 5.32 Å². The van der Waals surface area contributed by atoms with E-state index < -0.39 is 0 Å². The molecule has 1 aliphatic carbocycles. The standard InChI is InChI=1S/C11H13Cl2N/c1-14-11(7-2-3-7)8-4-5-9(12)10(13)6-8/h4-7,11,14H,2-3H2,1H3. The van der Waals surface area contributed by atoms with E-state index in [2.05, 4.69) is 5.32 Å². The summed E-state index contributed by atoms with van der Waals surface area (Å²) in [5, 5.41) is 4.59. The summed E-state index contributed by atoms with van der Waals surface area (Å²) in [5.41, 5.74) is 1.24. The van der Waals surface area contributed by atoms with Crippen LogP contribution in [0.5, 0.6) is 0 Å². The molecule has 0 heterocycles. The van der Waals surface area contributed by atoms with E-state index in [-0.39, 0.29) is 0 Å². The van der Waals surface area contributed by atoms with Crippen LogP contribution in [0, 0.1) is 5.92 Å². The Morgan fingerprint density at radius 3 is 2.50 bits per heavy atom. The molecule has 0 aliphatic heterocycles. The van der Waals surface area contributed by atoms with E-state index in [9.17, 15) is 0 Å². The summed E-state index contributed by atoms with van der Waals surface area (Å²) >= 11 is 11.9. The normalized spacial score (nSPS) is 18.2. The van der Waals surface area contributed by atoms with Crippen molar-refractivity contribution in [3.63, 3.8) is 0 Å². The van der Waals surface area contributed by atoms with Crippen molar-refractivity contribution in [1.29, 1.82) is 0 Å². The molecular weight excluding hydrogens is 217 g/mol. The largest absolute Gasteiger partial charge is 0.313 e. The lowest BCUT2D eigenvalue weighted by molar-refractivity contribution is 0.529. The average molecular weight is 230 g/mol. The van der Waals surface area contributed by atoms with E-state index in [0.29, 0.717) is 16.1 Å². The van der Waals surface area contributed by atoms with Crippen LogP contribution in [0.15, 0.2) is 18.2 Å². The first kappa shape index (κ1) is 10.3. The summed E-state index contributed by atoms with van der Waals surface area (Å²) in [4.78, 5) is 0. The summed E-state index contributed by atoms with van der Waals surface area (Å²) in [7, 11) is 1.99. The maximum absolute atomic E-state index is 5.98. The van der Waals surface area contributed by atoms with Gasteiger partial charge in [0.05, 0.1) is 10.0 Å².